The fraction of sp³-hybridized carbons (Fsp3) is 0.500. The molecule has 1 N–H and O–H groups in total. The second-order valence-electron chi connectivity index (χ2n) is 4.41. The first-order chi connectivity index (χ1) is 8.74. The molecule has 2 atom stereocenters. The van der Waals surface area contributed by atoms with Crippen molar-refractivity contribution in [1.29, 1.82) is 0 Å². The Morgan fingerprint density at radius 3 is 3.06 bits per heavy atom. The Bertz CT molecular complexity index is 548. The molecule has 1 aromatic heterocycles. The molecule has 6 heteroatoms. The highest BCUT2D eigenvalue weighted by molar-refractivity contribution is 5.73. The number of nitrogens with zero attached hydrogens (tertiary/aromatic N) is 3. The normalized spacial score (nSPS) is 25.7. The van der Waals surface area contributed by atoms with Gasteiger partial charge in [-0.1, -0.05) is 17.3 Å². The summed E-state index contributed by atoms with van der Waals surface area (Å²) in [4.78, 5) is 0. The zero-order valence-electron chi connectivity index (χ0n) is 10.1. The molecular formula is C12H15N3O3. The maximum absolute atomic E-state index is 10.4. The van der Waals surface area contributed by atoms with Crippen LogP contribution in [0.1, 0.15) is 19.1 Å². The van der Waals surface area contributed by atoms with E-state index in [1.165, 1.54) is 7.11 Å². The Hall–Kier alpha value is -1.50. The molecule has 0 radical (unpaired) electrons. The molecule has 0 spiro atoms. The first-order valence-corrected chi connectivity index (χ1v) is 5.94. The van der Waals surface area contributed by atoms with Crippen LogP contribution in [0, 0.1) is 0 Å². The van der Waals surface area contributed by atoms with Crippen molar-refractivity contribution in [3.8, 4) is 0 Å². The summed E-state index contributed by atoms with van der Waals surface area (Å²) >= 11 is 0. The van der Waals surface area contributed by atoms with Gasteiger partial charge in [-0.25, -0.2) is 4.68 Å². The summed E-state index contributed by atoms with van der Waals surface area (Å²) in [5.74, 6) is -1.33. The minimum Gasteiger partial charge on any atom is -0.362 e. The van der Waals surface area contributed by atoms with Crippen LogP contribution >= 0.6 is 0 Å². The number of para-hydroxylation sites is 1. The standard InChI is InChI=1S/C12H15N3O3/c1-17-11(12(16)7-4-8-18-12)15-10-6-3-2-5-9(10)13-14-15/h2-3,5-6,11,16H,4,7-8H2,1H3. The number of aromatic nitrogens is 3. The Balaban J connectivity index is 2.06. The van der Waals surface area contributed by atoms with E-state index in [1.54, 1.807) is 4.68 Å². The van der Waals surface area contributed by atoms with E-state index in [2.05, 4.69) is 10.3 Å². The maximum Gasteiger partial charge on any atom is 0.213 e. The average Bonchev–Trinajstić information content (AvgIpc) is 2.99. The number of methoxy groups -OCH3 is 1. The number of hydrogen-bond acceptors (Lipinski definition) is 5. The molecule has 2 heterocycles. The van der Waals surface area contributed by atoms with Crippen molar-refractivity contribution >= 4 is 11.0 Å². The third-order valence-corrected chi connectivity index (χ3v) is 3.24. The maximum atomic E-state index is 10.4. The second kappa shape index (κ2) is 4.31. The molecule has 2 unspecified atom stereocenters. The molecule has 96 valence electrons. The summed E-state index contributed by atoms with van der Waals surface area (Å²) in [7, 11) is 1.53. The van der Waals surface area contributed by atoms with Crippen LogP contribution < -0.4 is 0 Å². The van der Waals surface area contributed by atoms with Crippen LogP contribution in [-0.2, 0) is 9.47 Å². The van der Waals surface area contributed by atoms with Crippen molar-refractivity contribution in [1.82, 2.24) is 15.0 Å². The molecule has 1 aliphatic rings. The number of fused-ring (bicyclic) bond motifs is 1. The van der Waals surface area contributed by atoms with Crippen LogP contribution in [0.15, 0.2) is 24.3 Å². The van der Waals surface area contributed by atoms with Gasteiger partial charge >= 0.3 is 0 Å². The van der Waals surface area contributed by atoms with Gasteiger partial charge in [0.05, 0.1) is 12.1 Å². The van der Waals surface area contributed by atoms with E-state index in [9.17, 15) is 5.11 Å². The van der Waals surface area contributed by atoms with Gasteiger partial charge < -0.3 is 14.6 Å². The first kappa shape index (κ1) is 11.6. The van der Waals surface area contributed by atoms with Crippen LogP contribution in [-0.4, -0.2) is 39.6 Å². The molecule has 2 aromatic rings. The minimum atomic E-state index is -1.33. The molecule has 1 saturated heterocycles. The van der Waals surface area contributed by atoms with Gasteiger partial charge in [-0.15, -0.1) is 5.10 Å². The number of ether oxygens (including phenoxy) is 2. The fourth-order valence-electron chi connectivity index (χ4n) is 2.38. The Kier molecular flexibility index (Phi) is 2.77. The summed E-state index contributed by atoms with van der Waals surface area (Å²) in [5.41, 5.74) is 1.58. The van der Waals surface area contributed by atoms with Gasteiger partial charge in [-0.05, 0) is 18.6 Å². The number of aliphatic hydroxyl groups is 1. The van der Waals surface area contributed by atoms with Gasteiger partial charge in [0.2, 0.25) is 12.0 Å². The quantitative estimate of drug-likeness (QED) is 0.881. The lowest BCUT2D eigenvalue weighted by Gasteiger charge is -2.30. The van der Waals surface area contributed by atoms with E-state index in [-0.39, 0.29) is 0 Å². The van der Waals surface area contributed by atoms with Crippen molar-refractivity contribution in [2.75, 3.05) is 13.7 Å². The molecule has 3 rings (SSSR count). The van der Waals surface area contributed by atoms with Gasteiger partial charge in [0.1, 0.15) is 5.52 Å². The topological polar surface area (TPSA) is 69.4 Å². The van der Waals surface area contributed by atoms with Crippen LogP contribution in [0.2, 0.25) is 0 Å². The van der Waals surface area contributed by atoms with E-state index in [4.69, 9.17) is 9.47 Å². The van der Waals surface area contributed by atoms with Crippen LogP contribution in [0.5, 0.6) is 0 Å². The number of rotatable bonds is 3. The van der Waals surface area contributed by atoms with E-state index >= 15 is 0 Å². The van der Waals surface area contributed by atoms with Crippen LogP contribution in [0.25, 0.3) is 11.0 Å². The highest BCUT2D eigenvalue weighted by Gasteiger charge is 2.43. The van der Waals surface area contributed by atoms with Gasteiger partial charge in [-0.2, -0.15) is 0 Å². The molecule has 0 aliphatic carbocycles. The van der Waals surface area contributed by atoms with Crippen LogP contribution in [0.3, 0.4) is 0 Å². The van der Waals surface area contributed by atoms with Gasteiger partial charge in [0.15, 0.2) is 0 Å². The van der Waals surface area contributed by atoms with Gasteiger partial charge in [0.25, 0.3) is 0 Å². The molecule has 0 saturated carbocycles. The summed E-state index contributed by atoms with van der Waals surface area (Å²) in [6.07, 6.45) is 0.648. The number of hydrogen-bond donors (Lipinski definition) is 1. The highest BCUT2D eigenvalue weighted by atomic mass is 16.7. The predicted octanol–water partition coefficient (Wildman–Crippen LogP) is 1.08. The highest BCUT2D eigenvalue weighted by Crippen LogP contribution is 2.35. The first-order valence-electron chi connectivity index (χ1n) is 5.94. The largest absolute Gasteiger partial charge is 0.362 e. The zero-order chi connectivity index (χ0) is 12.6. The van der Waals surface area contributed by atoms with E-state index in [1.807, 2.05) is 24.3 Å². The lowest BCUT2D eigenvalue weighted by Crippen LogP contribution is -2.40. The SMILES string of the molecule is COC(n1nnc2ccccc21)C1(O)CCCO1. The van der Waals surface area contributed by atoms with Crippen molar-refractivity contribution in [3.05, 3.63) is 24.3 Å². The second-order valence-corrected chi connectivity index (χ2v) is 4.41. The number of benzene rings is 1. The molecule has 1 aromatic carbocycles. The smallest absolute Gasteiger partial charge is 0.213 e. The van der Waals surface area contributed by atoms with E-state index in [0.29, 0.717) is 13.0 Å². The van der Waals surface area contributed by atoms with Gasteiger partial charge in [0, 0.05) is 13.5 Å². The van der Waals surface area contributed by atoms with Crippen molar-refractivity contribution < 1.29 is 14.6 Å². The molecule has 1 fully saturated rings. The summed E-state index contributed by atoms with van der Waals surface area (Å²) < 4.78 is 12.4. The Labute approximate surface area is 104 Å². The molecule has 6 nitrogen and oxygen atoms in total. The lowest BCUT2D eigenvalue weighted by atomic mass is 10.1. The lowest BCUT2D eigenvalue weighted by molar-refractivity contribution is -0.263. The molecule has 1 aliphatic heterocycles. The average molecular weight is 249 g/mol. The van der Waals surface area contributed by atoms with Gasteiger partial charge in [-0.3, -0.25) is 0 Å². The molecular weight excluding hydrogens is 234 g/mol. The third-order valence-electron chi connectivity index (χ3n) is 3.24. The molecule has 18 heavy (non-hydrogen) atoms. The van der Waals surface area contributed by atoms with Crippen molar-refractivity contribution in [2.45, 2.75) is 24.9 Å². The van der Waals surface area contributed by atoms with E-state index < -0.39 is 12.0 Å². The Morgan fingerprint density at radius 1 is 1.50 bits per heavy atom. The van der Waals surface area contributed by atoms with Crippen LogP contribution in [0.4, 0.5) is 0 Å². The minimum absolute atomic E-state index is 0.527. The summed E-state index contributed by atoms with van der Waals surface area (Å²) in [6, 6.07) is 7.54. The molecule has 0 bridgehead atoms. The summed E-state index contributed by atoms with van der Waals surface area (Å²) in [6.45, 7) is 0.531. The van der Waals surface area contributed by atoms with E-state index in [0.717, 1.165) is 17.5 Å². The Morgan fingerprint density at radius 2 is 2.33 bits per heavy atom. The fourth-order valence-corrected chi connectivity index (χ4v) is 2.38. The summed E-state index contributed by atoms with van der Waals surface area (Å²) in [5, 5.41) is 18.6. The monoisotopic (exact) mass is 249 g/mol. The van der Waals surface area contributed by atoms with Crippen molar-refractivity contribution in [2.24, 2.45) is 0 Å². The van der Waals surface area contributed by atoms with Crippen molar-refractivity contribution in [3.63, 3.8) is 0 Å². The predicted molar refractivity (Wildman–Crippen MR) is 63.7 cm³/mol. The third kappa shape index (κ3) is 1.69. The molecule has 0 amide bonds. The zero-order valence-corrected chi connectivity index (χ0v) is 10.1.